The van der Waals surface area contributed by atoms with Gasteiger partial charge in [0, 0.05) is 19.3 Å². The second kappa shape index (κ2) is 46.1. The van der Waals surface area contributed by atoms with Gasteiger partial charge in [0.2, 0.25) is 0 Å². The standard InChI is InChI=1S/C50H96O6/c1-4-7-10-13-16-19-21-22-23-24-25-26-27-29-31-34-37-40-43-49(52)55-46-47(45-54-48(51)42-39-36-33-30-18-15-12-9-6-3)56-50(53)44-41-38-35-32-28-20-17-14-11-8-5-2/h47H,4-46H2,1-3H3/t47-/m0/s1. The second-order valence-electron chi connectivity index (χ2n) is 17.1. The van der Waals surface area contributed by atoms with E-state index in [1.165, 1.54) is 186 Å². The maximum absolute atomic E-state index is 12.7. The number of carbonyl (C=O) groups is 3. The fourth-order valence-electron chi connectivity index (χ4n) is 7.56. The lowest BCUT2D eigenvalue weighted by Gasteiger charge is -2.18. The van der Waals surface area contributed by atoms with E-state index < -0.39 is 6.10 Å². The van der Waals surface area contributed by atoms with Crippen molar-refractivity contribution in [3.8, 4) is 0 Å². The quantitative estimate of drug-likeness (QED) is 0.0347. The topological polar surface area (TPSA) is 78.9 Å². The van der Waals surface area contributed by atoms with Gasteiger partial charge in [-0.2, -0.15) is 0 Å². The van der Waals surface area contributed by atoms with Crippen molar-refractivity contribution < 1.29 is 28.6 Å². The van der Waals surface area contributed by atoms with E-state index in [0.717, 1.165) is 57.8 Å². The molecule has 0 aliphatic rings. The molecular formula is C50H96O6. The normalized spacial score (nSPS) is 11.8. The second-order valence-corrected chi connectivity index (χ2v) is 17.1. The molecule has 0 aromatic rings. The van der Waals surface area contributed by atoms with Crippen LogP contribution in [0.4, 0.5) is 0 Å². The van der Waals surface area contributed by atoms with Gasteiger partial charge in [-0.05, 0) is 19.3 Å². The summed E-state index contributed by atoms with van der Waals surface area (Å²) in [4.78, 5) is 37.8. The summed E-state index contributed by atoms with van der Waals surface area (Å²) in [6.07, 6.45) is 48.0. The molecule has 0 heterocycles. The van der Waals surface area contributed by atoms with Crippen molar-refractivity contribution in [2.45, 2.75) is 290 Å². The van der Waals surface area contributed by atoms with Crippen LogP contribution in [0, 0.1) is 0 Å². The first-order valence-corrected chi connectivity index (χ1v) is 25.0. The molecule has 6 heteroatoms. The average Bonchev–Trinajstić information content (AvgIpc) is 3.19. The van der Waals surface area contributed by atoms with Gasteiger partial charge in [-0.1, -0.05) is 245 Å². The summed E-state index contributed by atoms with van der Waals surface area (Å²) in [5.74, 6) is -0.848. The molecule has 0 saturated heterocycles. The number of esters is 3. The molecule has 0 aromatic carbocycles. The molecule has 0 rings (SSSR count). The van der Waals surface area contributed by atoms with Crippen molar-refractivity contribution in [2.24, 2.45) is 0 Å². The molecule has 0 amide bonds. The van der Waals surface area contributed by atoms with E-state index in [2.05, 4.69) is 20.8 Å². The fraction of sp³-hybridized carbons (Fsp3) is 0.940. The molecule has 0 N–H and O–H groups in total. The van der Waals surface area contributed by atoms with Gasteiger partial charge in [-0.15, -0.1) is 0 Å². The summed E-state index contributed by atoms with van der Waals surface area (Å²) in [7, 11) is 0. The van der Waals surface area contributed by atoms with Crippen LogP contribution in [0.2, 0.25) is 0 Å². The Morgan fingerprint density at radius 1 is 0.286 bits per heavy atom. The number of carbonyl (C=O) groups excluding carboxylic acids is 3. The third kappa shape index (κ3) is 43.5. The van der Waals surface area contributed by atoms with Gasteiger partial charge >= 0.3 is 17.9 Å². The van der Waals surface area contributed by atoms with Gasteiger partial charge in [-0.25, -0.2) is 0 Å². The fourth-order valence-corrected chi connectivity index (χ4v) is 7.56. The van der Waals surface area contributed by atoms with Crippen LogP contribution in [0.1, 0.15) is 284 Å². The van der Waals surface area contributed by atoms with Crippen LogP contribution in [0.25, 0.3) is 0 Å². The number of rotatable bonds is 46. The van der Waals surface area contributed by atoms with Crippen LogP contribution in [-0.4, -0.2) is 37.2 Å². The zero-order valence-electron chi connectivity index (χ0n) is 37.9. The first-order valence-electron chi connectivity index (χ1n) is 25.0. The Bertz CT molecular complexity index is 828. The SMILES string of the molecule is CCCCCCCCCCCCCCCCCCCCC(=O)OC[C@H](COC(=O)CCCCCCCCCCC)OC(=O)CCCCCCCCCCCCC. The lowest BCUT2D eigenvalue weighted by Crippen LogP contribution is -2.30. The van der Waals surface area contributed by atoms with Gasteiger partial charge in [0.1, 0.15) is 13.2 Å². The predicted molar refractivity (Wildman–Crippen MR) is 238 cm³/mol. The predicted octanol–water partition coefficient (Wildman–Crippen LogP) is 16.0. The minimum absolute atomic E-state index is 0.0623. The lowest BCUT2D eigenvalue weighted by atomic mass is 10.0. The minimum Gasteiger partial charge on any atom is -0.462 e. The highest BCUT2D eigenvalue weighted by molar-refractivity contribution is 5.71. The minimum atomic E-state index is -0.758. The van der Waals surface area contributed by atoms with E-state index >= 15 is 0 Å². The van der Waals surface area contributed by atoms with E-state index in [1.807, 2.05) is 0 Å². The van der Waals surface area contributed by atoms with Gasteiger partial charge in [-0.3, -0.25) is 14.4 Å². The Hall–Kier alpha value is -1.59. The Labute approximate surface area is 348 Å². The van der Waals surface area contributed by atoms with E-state index in [-0.39, 0.29) is 31.1 Å². The maximum Gasteiger partial charge on any atom is 0.306 e. The van der Waals surface area contributed by atoms with E-state index in [0.29, 0.717) is 19.3 Å². The molecule has 0 radical (unpaired) electrons. The summed E-state index contributed by atoms with van der Waals surface area (Å²) in [5, 5.41) is 0. The monoisotopic (exact) mass is 793 g/mol. The molecule has 1 atom stereocenters. The number of hydrogen-bond acceptors (Lipinski definition) is 6. The van der Waals surface area contributed by atoms with Crippen molar-refractivity contribution in [1.82, 2.24) is 0 Å². The summed E-state index contributed by atoms with van der Waals surface area (Å²) >= 11 is 0. The van der Waals surface area contributed by atoms with Crippen molar-refractivity contribution in [2.75, 3.05) is 13.2 Å². The molecule has 332 valence electrons. The number of ether oxygens (including phenoxy) is 3. The van der Waals surface area contributed by atoms with Crippen LogP contribution < -0.4 is 0 Å². The van der Waals surface area contributed by atoms with Crippen LogP contribution in [0.15, 0.2) is 0 Å². The molecule has 0 fully saturated rings. The molecule has 0 bridgehead atoms. The molecule has 56 heavy (non-hydrogen) atoms. The van der Waals surface area contributed by atoms with Gasteiger partial charge in [0.25, 0.3) is 0 Å². The largest absolute Gasteiger partial charge is 0.462 e. The highest BCUT2D eigenvalue weighted by atomic mass is 16.6. The van der Waals surface area contributed by atoms with Gasteiger partial charge in [0.15, 0.2) is 6.10 Å². The molecule has 0 aliphatic carbocycles. The molecule has 0 aromatic heterocycles. The summed E-state index contributed by atoms with van der Waals surface area (Å²) in [5.41, 5.74) is 0. The molecule has 0 spiro atoms. The van der Waals surface area contributed by atoms with Crippen LogP contribution in [-0.2, 0) is 28.6 Å². The smallest absolute Gasteiger partial charge is 0.306 e. The zero-order valence-corrected chi connectivity index (χ0v) is 37.9. The number of hydrogen-bond donors (Lipinski definition) is 0. The Balaban J connectivity index is 4.21. The molecule has 6 nitrogen and oxygen atoms in total. The van der Waals surface area contributed by atoms with Crippen LogP contribution >= 0.6 is 0 Å². The van der Waals surface area contributed by atoms with Crippen molar-refractivity contribution >= 4 is 17.9 Å². The summed E-state index contributed by atoms with van der Waals surface area (Å²) < 4.78 is 16.7. The van der Waals surface area contributed by atoms with Gasteiger partial charge < -0.3 is 14.2 Å². The summed E-state index contributed by atoms with van der Waals surface area (Å²) in [6, 6.07) is 0. The van der Waals surface area contributed by atoms with Crippen molar-refractivity contribution in [3.05, 3.63) is 0 Å². The molecular weight excluding hydrogens is 697 g/mol. The Kier molecular flexibility index (Phi) is 44.8. The van der Waals surface area contributed by atoms with Crippen molar-refractivity contribution in [1.29, 1.82) is 0 Å². The highest BCUT2D eigenvalue weighted by Crippen LogP contribution is 2.16. The molecule has 0 unspecified atom stereocenters. The molecule has 0 aliphatic heterocycles. The van der Waals surface area contributed by atoms with E-state index in [1.54, 1.807) is 0 Å². The Morgan fingerprint density at radius 2 is 0.482 bits per heavy atom. The zero-order chi connectivity index (χ0) is 40.8. The first-order chi connectivity index (χ1) is 27.5. The average molecular weight is 793 g/mol. The summed E-state index contributed by atoms with van der Waals surface area (Å²) in [6.45, 7) is 6.65. The van der Waals surface area contributed by atoms with Gasteiger partial charge in [0.05, 0.1) is 0 Å². The lowest BCUT2D eigenvalue weighted by molar-refractivity contribution is -0.167. The maximum atomic E-state index is 12.7. The first kappa shape index (κ1) is 54.4. The van der Waals surface area contributed by atoms with Crippen LogP contribution in [0.5, 0.6) is 0 Å². The van der Waals surface area contributed by atoms with E-state index in [4.69, 9.17) is 14.2 Å². The highest BCUT2D eigenvalue weighted by Gasteiger charge is 2.19. The van der Waals surface area contributed by atoms with Crippen molar-refractivity contribution in [3.63, 3.8) is 0 Å². The Morgan fingerprint density at radius 3 is 0.714 bits per heavy atom. The third-order valence-electron chi connectivity index (χ3n) is 11.4. The van der Waals surface area contributed by atoms with Crippen LogP contribution in [0.3, 0.4) is 0 Å². The third-order valence-corrected chi connectivity index (χ3v) is 11.4. The van der Waals surface area contributed by atoms with E-state index in [9.17, 15) is 14.4 Å². The number of unbranched alkanes of at least 4 members (excludes halogenated alkanes) is 35. The molecule has 0 saturated carbocycles.